The molecule has 0 aromatic carbocycles. The maximum Gasteiger partial charge on any atom is 0.371 e. The Morgan fingerprint density at radius 3 is 2.73 bits per heavy atom. The number of furan rings is 1. The van der Waals surface area contributed by atoms with E-state index in [0.717, 1.165) is 19.3 Å². The molecule has 0 bridgehead atoms. The first kappa shape index (κ1) is 10.0. The topological polar surface area (TPSA) is 82.7 Å². The zero-order valence-electron chi connectivity index (χ0n) is 8.19. The molecule has 0 unspecified atom stereocenters. The van der Waals surface area contributed by atoms with Crippen molar-refractivity contribution in [2.75, 3.05) is 11.9 Å². The molecule has 5 nitrogen and oxygen atoms in total. The van der Waals surface area contributed by atoms with Crippen LogP contribution in [0.4, 0.5) is 5.88 Å². The lowest BCUT2D eigenvalue weighted by molar-refractivity contribution is -0.0205. The highest BCUT2D eigenvalue weighted by Gasteiger charge is 2.34. The van der Waals surface area contributed by atoms with Crippen LogP contribution in [-0.2, 0) is 0 Å². The Morgan fingerprint density at radius 1 is 1.53 bits per heavy atom. The smallest absolute Gasteiger partial charge is 0.371 e. The zero-order valence-corrected chi connectivity index (χ0v) is 8.19. The third-order valence-corrected chi connectivity index (χ3v) is 2.69. The van der Waals surface area contributed by atoms with Crippen molar-refractivity contribution >= 4 is 11.9 Å². The van der Waals surface area contributed by atoms with E-state index in [1.54, 1.807) is 6.07 Å². The van der Waals surface area contributed by atoms with Gasteiger partial charge in [0.05, 0.1) is 5.60 Å². The van der Waals surface area contributed by atoms with Gasteiger partial charge in [-0.15, -0.1) is 0 Å². The third kappa shape index (κ3) is 2.12. The molecule has 1 aliphatic carbocycles. The van der Waals surface area contributed by atoms with E-state index in [2.05, 4.69) is 5.32 Å². The molecular formula is C10H13NO4. The number of aliphatic hydroxyl groups is 1. The van der Waals surface area contributed by atoms with E-state index in [9.17, 15) is 9.90 Å². The van der Waals surface area contributed by atoms with Gasteiger partial charge in [-0.1, -0.05) is 0 Å². The average Bonchev–Trinajstić information content (AvgIpc) is 2.60. The van der Waals surface area contributed by atoms with Crippen molar-refractivity contribution < 1.29 is 19.4 Å². The molecule has 0 amide bonds. The SMILES string of the molecule is O=C(O)c1ccc(NCC2(O)CCC2)o1. The first-order valence-electron chi connectivity index (χ1n) is 4.88. The van der Waals surface area contributed by atoms with E-state index in [4.69, 9.17) is 9.52 Å². The van der Waals surface area contributed by atoms with Gasteiger partial charge in [0.15, 0.2) is 5.88 Å². The summed E-state index contributed by atoms with van der Waals surface area (Å²) in [5, 5.41) is 21.3. The minimum Gasteiger partial charge on any atom is -0.475 e. The van der Waals surface area contributed by atoms with Crippen LogP contribution in [0, 0.1) is 0 Å². The molecular weight excluding hydrogens is 198 g/mol. The second-order valence-corrected chi connectivity index (χ2v) is 3.90. The molecule has 0 spiro atoms. The zero-order chi connectivity index (χ0) is 10.9. The van der Waals surface area contributed by atoms with Crippen molar-refractivity contribution in [3.8, 4) is 0 Å². The van der Waals surface area contributed by atoms with Gasteiger partial charge in [0, 0.05) is 12.6 Å². The number of carboxylic acid groups (broad SMARTS) is 1. The Labute approximate surface area is 86.7 Å². The van der Waals surface area contributed by atoms with Crippen LogP contribution in [-0.4, -0.2) is 28.3 Å². The minimum atomic E-state index is -1.09. The van der Waals surface area contributed by atoms with Crippen LogP contribution >= 0.6 is 0 Å². The van der Waals surface area contributed by atoms with E-state index >= 15 is 0 Å². The Bertz CT molecular complexity index is 367. The minimum absolute atomic E-state index is 0.0990. The van der Waals surface area contributed by atoms with Crippen molar-refractivity contribution in [2.45, 2.75) is 24.9 Å². The fraction of sp³-hybridized carbons (Fsp3) is 0.500. The maximum atomic E-state index is 10.5. The molecule has 1 saturated carbocycles. The number of anilines is 1. The Hall–Kier alpha value is -1.49. The quantitative estimate of drug-likeness (QED) is 0.699. The van der Waals surface area contributed by atoms with Crippen LogP contribution in [0.25, 0.3) is 0 Å². The molecule has 0 atom stereocenters. The summed E-state index contributed by atoms with van der Waals surface area (Å²) in [6, 6.07) is 2.93. The largest absolute Gasteiger partial charge is 0.475 e. The van der Waals surface area contributed by atoms with Gasteiger partial charge < -0.3 is 19.9 Å². The number of rotatable bonds is 4. The van der Waals surface area contributed by atoms with E-state index in [1.807, 2.05) is 0 Å². The van der Waals surface area contributed by atoms with Gasteiger partial charge >= 0.3 is 5.97 Å². The van der Waals surface area contributed by atoms with Crippen LogP contribution in [0.15, 0.2) is 16.5 Å². The van der Waals surface area contributed by atoms with Gasteiger partial charge in [0.1, 0.15) is 0 Å². The molecule has 0 aliphatic heterocycles. The summed E-state index contributed by atoms with van der Waals surface area (Å²) < 4.78 is 4.99. The van der Waals surface area contributed by atoms with Gasteiger partial charge in [-0.3, -0.25) is 0 Å². The first-order chi connectivity index (χ1) is 7.09. The third-order valence-electron chi connectivity index (χ3n) is 2.69. The predicted molar refractivity (Wildman–Crippen MR) is 53.0 cm³/mol. The van der Waals surface area contributed by atoms with Gasteiger partial charge in [-0.2, -0.15) is 0 Å². The van der Waals surface area contributed by atoms with Gasteiger partial charge in [0.2, 0.25) is 5.76 Å². The molecule has 1 fully saturated rings. The summed E-state index contributed by atoms with van der Waals surface area (Å²) in [7, 11) is 0. The van der Waals surface area contributed by atoms with Gasteiger partial charge in [-0.05, 0) is 25.3 Å². The van der Waals surface area contributed by atoms with Gasteiger partial charge in [0.25, 0.3) is 0 Å². The first-order valence-corrected chi connectivity index (χ1v) is 4.88. The summed E-state index contributed by atoms with van der Waals surface area (Å²) in [6.07, 6.45) is 2.61. The molecule has 1 heterocycles. The number of hydrogen-bond donors (Lipinski definition) is 3. The molecule has 1 aromatic heterocycles. The summed E-state index contributed by atoms with van der Waals surface area (Å²) in [6.45, 7) is 0.402. The normalized spacial score (nSPS) is 18.2. The molecule has 82 valence electrons. The van der Waals surface area contributed by atoms with Crippen molar-refractivity contribution in [1.82, 2.24) is 0 Å². The standard InChI is InChI=1S/C10H13NO4/c12-9(13)7-2-3-8(15-7)11-6-10(14)4-1-5-10/h2-3,11,14H,1,4-6H2,(H,12,13). The number of aromatic carboxylic acids is 1. The summed E-state index contributed by atoms with van der Waals surface area (Å²) >= 11 is 0. The van der Waals surface area contributed by atoms with Crippen LogP contribution in [0.1, 0.15) is 29.8 Å². The fourth-order valence-corrected chi connectivity index (χ4v) is 1.56. The van der Waals surface area contributed by atoms with Crippen molar-refractivity contribution in [1.29, 1.82) is 0 Å². The van der Waals surface area contributed by atoms with E-state index in [0.29, 0.717) is 12.4 Å². The molecule has 0 saturated heterocycles. The van der Waals surface area contributed by atoms with E-state index in [-0.39, 0.29) is 5.76 Å². The van der Waals surface area contributed by atoms with Crippen molar-refractivity contribution in [3.63, 3.8) is 0 Å². The Morgan fingerprint density at radius 2 is 2.27 bits per heavy atom. The molecule has 1 aromatic rings. The maximum absolute atomic E-state index is 10.5. The van der Waals surface area contributed by atoms with Gasteiger partial charge in [-0.25, -0.2) is 4.79 Å². The highest BCUT2D eigenvalue weighted by atomic mass is 16.4. The molecule has 5 heteroatoms. The fourth-order valence-electron chi connectivity index (χ4n) is 1.56. The van der Waals surface area contributed by atoms with Crippen molar-refractivity contribution in [2.24, 2.45) is 0 Å². The second kappa shape index (κ2) is 3.58. The van der Waals surface area contributed by atoms with Crippen molar-refractivity contribution in [3.05, 3.63) is 17.9 Å². The number of carbonyl (C=O) groups is 1. The van der Waals surface area contributed by atoms with Crippen LogP contribution in [0.5, 0.6) is 0 Å². The summed E-state index contributed by atoms with van der Waals surface area (Å²) in [5.74, 6) is -0.809. The molecule has 0 radical (unpaired) electrons. The molecule has 15 heavy (non-hydrogen) atoms. The lowest BCUT2D eigenvalue weighted by Crippen LogP contribution is -2.43. The summed E-state index contributed by atoms with van der Waals surface area (Å²) in [4.78, 5) is 10.5. The highest BCUT2D eigenvalue weighted by Crippen LogP contribution is 2.31. The number of carboxylic acids is 1. The lowest BCUT2D eigenvalue weighted by Gasteiger charge is -2.36. The van der Waals surface area contributed by atoms with Crippen LogP contribution in [0.3, 0.4) is 0 Å². The Balaban J connectivity index is 1.90. The highest BCUT2D eigenvalue weighted by molar-refractivity contribution is 5.84. The predicted octanol–water partition coefficient (Wildman–Crippen LogP) is 1.30. The van der Waals surface area contributed by atoms with E-state index in [1.165, 1.54) is 6.07 Å². The van der Waals surface area contributed by atoms with Crippen LogP contribution < -0.4 is 5.32 Å². The van der Waals surface area contributed by atoms with E-state index < -0.39 is 11.6 Å². The second-order valence-electron chi connectivity index (χ2n) is 3.90. The molecule has 3 N–H and O–H groups in total. The average molecular weight is 211 g/mol. The lowest BCUT2D eigenvalue weighted by atomic mass is 9.80. The molecule has 2 rings (SSSR count). The molecule has 1 aliphatic rings. The van der Waals surface area contributed by atoms with Crippen LogP contribution in [0.2, 0.25) is 0 Å². The number of hydrogen-bond acceptors (Lipinski definition) is 4. The summed E-state index contributed by atoms with van der Waals surface area (Å²) in [5.41, 5.74) is -0.643. The number of nitrogens with one attached hydrogen (secondary N) is 1. The Kier molecular flexibility index (Phi) is 2.40. The monoisotopic (exact) mass is 211 g/mol.